The lowest BCUT2D eigenvalue weighted by molar-refractivity contribution is -0.0834. The minimum absolute atomic E-state index is 0.0638. The van der Waals surface area contributed by atoms with Crippen molar-refractivity contribution in [3.8, 4) is 0 Å². The monoisotopic (exact) mass is 599 g/mol. The maximum absolute atomic E-state index is 11.9. The van der Waals surface area contributed by atoms with Crippen molar-refractivity contribution in [1.82, 2.24) is 5.01 Å². The Labute approximate surface area is 250 Å². The van der Waals surface area contributed by atoms with Gasteiger partial charge in [-0.1, -0.05) is 63.1 Å². The van der Waals surface area contributed by atoms with Crippen LogP contribution in [0.5, 0.6) is 0 Å². The highest BCUT2D eigenvalue weighted by Gasteiger charge is 2.14. The van der Waals surface area contributed by atoms with Gasteiger partial charge in [0.1, 0.15) is 18.3 Å². The van der Waals surface area contributed by atoms with Gasteiger partial charge in [-0.05, 0) is 25.0 Å². The number of benzene rings is 1. The van der Waals surface area contributed by atoms with Crippen LogP contribution in [0.25, 0.3) is 0 Å². The van der Waals surface area contributed by atoms with Gasteiger partial charge in [-0.2, -0.15) is 0 Å². The van der Waals surface area contributed by atoms with Crippen molar-refractivity contribution in [3.05, 3.63) is 47.8 Å². The molecule has 0 aliphatic rings. The number of rotatable bonds is 27. The molecule has 0 saturated carbocycles. The summed E-state index contributed by atoms with van der Waals surface area (Å²) in [5.74, 6) is 5.79. The fourth-order valence-electron chi connectivity index (χ4n) is 3.91. The molecule has 1 aromatic carbocycles. The van der Waals surface area contributed by atoms with Crippen LogP contribution in [0.4, 0.5) is 0 Å². The van der Waals surface area contributed by atoms with Crippen LogP contribution in [0.2, 0.25) is 0 Å². The zero-order valence-electron chi connectivity index (χ0n) is 24.9. The van der Waals surface area contributed by atoms with Crippen molar-refractivity contribution in [2.75, 3.05) is 59.4 Å². The van der Waals surface area contributed by atoms with E-state index in [1.54, 1.807) is 23.3 Å². The number of carbonyl (C=O) groups excluding carboxylic acids is 1. The molecule has 0 amide bonds. The third-order valence-electron chi connectivity index (χ3n) is 6.27. The van der Waals surface area contributed by atoms with Crippen LogP contribution in [-0.4, -0.2) is 109 Å². The first-order chi connectivity index (χ1) is 20.3. The number of carbonyl (C=O) groups is 1. The number of ether oxygens (including phenoxy) is 4. The molecule has 0 aromatic heterocycles. The number of nitrogens with zero attached hydrogens (tertiary/aromatic N) is 1. The Morgan fingerprint density at radius 2 is 1.33 bits per heavy atom. The van der Waals surface area contributed by atoms with E-state index < -0.39 is 31.5 Å². The van der Waals surface area contributed by atoms with Gasteiger partial charge in [0.15, 0.2) is 0 Å². The van der Waals surface area contributed by atoms with Gasteiger partial charge in [-0.15, -0.1) is 0 Å². The lowest BCUT2D eigenvalue weighted by Gasteiger charge is -2.21. The van der Waals surface area contributed by atoms with Crippen LogP contribution < -0.4 is 11.6 Å². The molecule has 0 spiro atoms. The van der Waals surface area contributed by atoms with E-state index in [1.807, 2.05) is 18.2 Å². The molecule has 0 heterocycles. The molecular formula is C30H53N3O9. The molecule has 12 heteroatoms. The minimum atomic E-state index is -0.992. The topological polar surface area (TPSA) is 190 Å². The Morgan fingerprint density at radius 3 is 1.88 bits per heavy atom. The van der Waals surface area contributed by atoms with Crippen molar-refractivity contribution in [3.63, 3.8) is 0 Å². The first kappa shape index (κ1) is 37.7. The normalized spacial score (nSPS) is 14.0. The van der Waals surface area contributed by atoms with Crippen molar-refractivity contribution in [2.24, 2.45) is 11.6 Å². The number of unbranched alkanes of at least 4 members (excludes halogenated alkanes) is 8. The summed E-state index contributed by atoms with van der Waals surface area (Å²) in [6, 6.07) is 9.05. The predicted molar refractivity (Wildman–Crippen MR) is 159 cm³/mol. The first-order valence-corrected chi connectivity index (χ1v) is 14.9. The lowest BCUT2D eigenvalue weighted by atomic mass is 10.1. The molecule has 0 fully saturated rings. The number of hydrogen-bond donors (Lipinski definition) is 6. The summed E-state index contributed by atoms with van der Waals surface area (Å²) in [7, 11) is 0. The zero-order chi connectivity index (χ0) is 30.8. The summed E-state index contributed by atoms with van der Waals surface area (Å²) >= 11 is 0. The van der Waals surface area contributed by atoms with E-state index in [9.17, 15) is 15.0 Å². The Bertz CT molecular complexity index is 800. The van der Waals surface area contributed by atoms with Crippen LogP contribution >= 0.6 is 0 Å². The second-order valence-corrected chi connectivity index (χ2v) is 10.3. The van der Waals surface area contributed by atoms with Crippen LogP contribution in [0.1, 0.15) is 68.1 Å². The van der Waals surface area contributed by atoms with Gasteiger partial charge in [0, 0.05) is 12.7 Å². The largest absolute Gasteiger partial charge is 0.462 e. The number of hydrogen-bond acceptors (Lipinski definition) is 12. The highest BCUT2D eigenvalue weighted by Crippen LogP contribution is 2.11. The van der Waals surface area contributed by atoms with E-state index in [4.69, 9.17) is 40.7 Å². The van der Waals surface area contributed by atoms with Crippen molar-refractivity contribution >= 4 is 5.97 Å². The van der Waals surface area contributed by atoms with Gasteiger partial charge in [0.25, 0.3) is 0 Å². The molecule has 2 unspecified atom stereocenters. The smallest absolute Gasteiger partial charge is 0.338 e. The molecule has 0 radical (unpaired) electrons. The van der Waals surface area contributed by atoms with E-state index in [-0.39, 0.29) is 39.0 Å². The number of hydrazine groups is 1. The van der Waals surface area contributed by atoms with Crippen molar-refractivity contribution in [2.45, 2.75) is 76.1 Å². The van der Waals surface area contributed by atoms with Crippen LogP contribution in [0.3, 0.4) is 0 Å². The number of nitrogens with two attached hydrogens (primary N) is 2. The average Bonchev–Trinajstić information content (AvgIpc) is 3.00. The van der Waals surface area contributed by atoms with E-state index in [2.05, 4.69) is 0 Å². The molecule has 12 nitrogen and oxygen atoms in total. The third kappa shape index (κ3) is 20.6. The number of esters is 1. The highest BCUT2D eigenvalue weighted by atomic mass is 16.6. The summed E-state index contributed by atoms with van der Waals surface area (Å²) in [6.07, 6.45) is 8.88. The Morgan fingerprint density at radius 1 is 0.810 bits per heavy atom. The van der Waals surface area contributed by atoms with E-state index in [0.29, 0.717) is 24.4 Å². The molecule has 242 valence electrons. The molecule has 0 saturated heterocycles. The zero-order valence-corrected chi connectivity index (χ0v) is 24.9. The molecule has 8 N–H and O–H groups in total. The second kappa shape index (κ2) is 25.2. The molecule has 42 heavy (non-hydrogen) atoms. The van der Waals surface area contributed by atoms with E-state index in [0.717, 1.165) is 38.5 Å². The fourth-order valence-corrected chi connectivity index (χ4v) is 3.91. The van der Waals surface area contributed by atoms with Crippen LogP contribution in [-0.2, 0) is 18.9 Å². The average molecular weight is 600 g/mol. The molecule has 1 rings (SSSR count). The first-order valence-electron chi connectivity index (χ1n) is 14.9. The van der Waals surface area contributed by atoms with Gasteiger partial charge >= 0.3 is 5.97 Å². The van der Waals surface area contributed by atoms with Gasteiger partial charge in [0.05, 0.1) is 64.1 Å². The Kier molecular flexibility index (Phi) is 22.7. The van der Waals surface area contributed by atoms with E-state index in [1.165, 1.54) is 19.3 Å². The number of aliphatic hydroxyl groups excluding tert-OH is 4. The SMILES string of the molecule is N/C(=C\N(N)CCCCCCCCCCCOC(=O)c1ccccc1)COC(COCC(O)CO)COCC(O)CO. The standard InChI is InChI=1S/C30H53N3O9/c31-26(20-42-29(23-39-21-27(36)18-34)24-40-22-28(37)19-35)17-33(32)15-11-6-4-2-1-3-5-7-12-16-41-30(38)25-13-9-8-10-14-25/h8-10,13-14,17,27-29,34-37H,1-7,11-12,15-16,18-24,31-32H2/b26-17-. The summed E-state index contributed by atoms with van der Waals surface area (Å²) in [5, 5.41) is 38.2. The molecule has 0 bridgehead atoms. The third-order valence-corrected chi connectivity index (χ3v) is 6.27. The van der Waals surface area contributed by atoms with Crippen molar-refractivity contribution in [1.29, 1.82) is 0 Å². The summed E-state index contributed by atoms with van der Waals surface area (Å²) in [6.45, 7) is 0.407. The predicted octanol–water partition coefficient (Wildman–Crippen LogP) is 1.45. The number of aliphatic hydroxyl groups is 4. The molecule has 0 aliphatic carbocycles. The lowest BCUT2D eigenvalue weighted by Crippen LogP contribution is -2.32. The molecular weight excluding hydrogens is 546 g/mol. The van der Waals surface area contributed by atoms with E-state index >= 15 is 0 Å². The highest BCUT2D eigenvalue weighted by molar-refractivity contribution is 5.89. The summed E-state index contributed by atoms with van der Waals surface area (Å²) in [4.78, 5) is 11.9. The molecule has 2 atom stereocenters. The quantitative estimate of drug-likeness (QED) is 0.0370. The van der Waals surface area contributed by atoms with Gasteiger partial charge < -0.3 is 50.1 Å². The molecule has 0 aliphatic heterocycles. The van der Waals surface area contributed by atoms with Gasteiger partial charge in [0.2, 0.25) is 0 Å². The Balaban J connectivity index is 2.10. The van der Waals surface area contributed by atoms with Gasteiger partial charge in [-0.3, -0.25) is 0 Å². The summed E-state index contributed by atoms with van der Waals surface area (Å²) in [5.41, 5.74) is 7.06. The maximum Gasteiger partial charge on any atom is 0.338 e. The van der Waals surface area contributed by atoms with Crippen LogP contribution in [0, 0.1) is 0 Å². The second-order valence-electron chi connectivity index (χ2n) is 10.3. The summed E-state index contributed by atoms with van der Waals surface area (Å²) < 4.78 is 21.7. The van der Waals surface area contributed by atoms with Gasteiger partial charge in [-0.25, -0.2) is 10.6 Å². The van der Waals surface area contributed by atoms with Crippen LogP contribution in [0.15, 0.2) is 42.2 Å². The van der Waals surface area contributed by atoms with Crippen molar-refractivity contribution < 1.29 is 44.2 Å². The Hall–Kier alpha value is -2.29. The fraction of sp³-hybridized carbons (Fsp3) is 0.700. The molecule has 1 aromatic rings. The maximum atomic E-state index is 11.9. The minimum Gasteiger partial charge on any atom is -0.462 e.